The van der Waals surface area contributed by atoms with Crippen molar-refractivity contribution in [2.24, 2.45) is 0 Å². The summed E-state index contributed by atoms with van der Waals surface area (Å²) in [5, 5.41) is 4.38. The number of nitrogens with zero attached hydrogens (tertiary/aromatic N) is 3. The molecule has 0 atom stereocenters. The maximum Gasteiger partial charge on any atom is 0.229 e. The first kappa shape index (κ1) is 22.1. The van der Waals surface area contributed by atoms with Crippen molar-refractivity contribution >= 4 is 0 Å². The van der Waals surface area contributed by atoms with Crippen LogP contribution in [0.15, 0.2) is 22.7 Å². The number of hydrogen-bond donors (Lipinski definition) is 0. The summed E-state index contributed by atoms with van der Waals surface area (Å²) < 4.78 is 22.5. The predicted octanol–water partition coefficient (Wildman–Crippen LogP) is 4.31. The minimum absolute atomic E-state index is 0.0317. The highest BCUT2D eigenvalue weighted by atomic mass is 16.5. The third-order valence-corrected chi connectivity index (χ3v) is 6.51. The van der Waals surface area contributed by atoms with Crippen LogP contribution in [0.1, 0.15) is 69.7 Å². The van der Waals surface area contributed by atoms with Crippen LogP contribution in [0.2, 0.25) is 0 Å². The van der Waals surface area contributed by atoms with Gasteiger partial charge in [-0.25, -0.2) is 0 Å². The molecule has 0 aliphatic carbocycles. The molecule has 1 aromatic carbocycles. The van der Waals surface area contributed by atoms with E-state index in [1.807, 2.05) is 19.9 Å². The molecule has 0 saturated carbocycles. The van der Waals surface area contributed by atoms with Gasteiger partial charge in [0.1, 0.15) is 0 Å². The number of hydrogen-bond acceptors (Lipinski definition) is 7. The van der Waals surface area contributed by atoms with Gasteiger partial charge in [-0.2, -0.15) is 4.98 Å². The maximum atomic E-state index is 5.83. The molecule has 31 heavy (non-hydrogen) atoms. The quantitative estimate of drug-likeness (QED) is 0.649. The van der Waals surface area contributed by atoms with Crippen LogP contribution >= 0.6 is 0 Å². The number of methoxy groups -OCH3 is 1. The normalized spacial score (nSPS) is 20.2. The molecule has 0 amide bonds. The van der Waals surface area contributed by atoms with Gasteiger partial charge in [-0.1, -0.05) is 18.1 Å². The molecule has 0 spiro atoms. The number of likely N-dealkylation sites (tertiary alicyclic amines) is 1. The molecule has 2 aromatic rings. The van der Waals surface area contributed by atoms with Gasteiger partial charge in [0.15, 0.2) is 17.3 Å². The zero-order valence-electron chi connectivity index (χ0n) is 19.2. The van der Waals surface area contributed by atoms with Crippen molar-refractivity contribution in [3.63, 3.8) is 0 Å². The fourth-order valence-electron chi connectivity index (χ4n) is 4.44. The molecule has 4 rings (SSSR count). The van der Waals surface area contributed by atoms with Gasteiger partial charge in [-0.05, 0) is 70.3 Å². The maximum absolute atomic E-state index is 5.83. The average Bonchev–Trinajstić information content (AvgIpc) is 3.28. The van der Waals surface area contributed by atoms with E-state index in [9.17, 15) is 0 Å². The smallest absolute Gasteiger partial charge is 0.229 e. The molecular weight excluding hydrogens is 394 g/mol. The van der Waals surface area contributed by atoms with E-state index in [0.29, 0.717) is 5.92 Å². The monoisotopic (exact) mass is 429 g/mol. The Hall–Kier alpha value is -2.12. The third-order valence-electron chi connectivity index (χ3n) is 6.51. The Morgan fingerprint density at radius 3 is 2.58 bits per heavy atom. The zero-order valence-corrected chi connectivity index (χ0v) is 19.2. The Kier molecular flexibility index (Phi) is 6.82. The van der Waals surface area contributed by atoms with Gasteiger partial charge in [-0.15, -0.1) is 0 Å². The van der Waals surface area contributed by atoms with Crippen LogP contribution in [-0.2, 0) is 16.7 Å². The first-order chi connectivity index (χ1) is 15.0. The van der Waals surface area contributed by atoms with Crippen LogP contribution in [0.25, 0.3) is 0 Å². The summed E-state index contributed by atoms with van der Waals surface area (Å²) in [7, 11) is 1.69. The highest BCUT2D eigenvalue weighted by molar-refractivity contribution is 5.43. The number of ether oxygens (including phenoxy) is 3. The minimum atomic E-state index is -0.0317. The molecule has 7 heteroatoms. The lowest BCUT2D eigenvalue weighted by molar-refractivity contribution is 0.0778. The SMILES string of the molecule is COc1cc(CN2CCC(C)(c3noc(C4CCOCC4)n3)CC2)ccc1OC(C)C. The van der Waals surface area contributed by atoms with Crippen molar-refractivity contribution in [2.75, 3.05) is 33.4 Å². The molecule has 0 unspecified atom stereocenters. The molecule has 7 nitrogen and oxygen atoms in total. The summed E-state index contributed by atoms with van der Waals surface area (Å²) in [5.41, 5.74) is 1.20. The van der Waals surface area contributed by atoms with E-state index in [1.54, 1.807) is 7.11 Å². The molecule has 2 aliphatic rings. The third kappa shape index (κ3) is 5.21. The standard InChI is InChI=1S/C24H35N3O4/c1-17(2)30-20-6-5-18(15-21(20)28-4)16-27-11-9-24(3,10-12-27)23-25-22(31-26-23)19-7-13-29-14-8-19/h5-6,15,17,19H,7-14,16H2,1-4H3. The van der Waals surface area contributed by atoms with Crippen molar-refractivity contribution in [1.82, 2.24) is 15.0 Å². The zero-order chi connectivity index (χ0) is 21.8. The van der Waals surface area contributed by atoms with Gasteiger partial charge in [0, 0.05) is 31.1 Å². The Bertz CT molecular complexity index is 852. The first-order valence-corrected chi connectivity index (χ1v) is 11.4. The van der Waals surface area contributed by atoms with Gasteiger partial charge in [-0.3, -0.25) is 4.90 Å². The van der Waals surface area contributed by atoms with E-state index in [4.69, 9.17) is 23.7 Å². The Labute approximate surface area is 185 Å². The highest BCUT2D eigenvalue weighted by Gasteiger charge is 2.37. The second-order valence-electron chi connectivity index (χ2n) is 9.33. The second kappa shape index (κ2) is 9.57. The summed E-state index contributed by atoms with van der Waals surface area (Å²) in [6, 6.07) is 6.23. The van der Waals surface area contributed by atoms with E-state index in [2.05, 4.69) is 29.1 Å². The van der Waals surface area contributed by atoms with Crippen molar-refractivity contribution in [1.29, 1.82) is 0 Å². The predicted molar refractivity (Wildman–Crippen MR) is 118 cm³/mol. The van der Waals surface area contributed by atoms with Gasteiger partial charge >= 0.3 is 0 Å². The molecule has 0 N–H and O–H groups in total. The molecule has 0 bridgehead atoms. The molecule has 1 aromatic heterocycles. The Morgan fingerprint density at radius 1 is 1.16 bits per heavy atom. The fourth-order valence-corrected chi connectivity index (χ4v) is 4.44. The lowest BCUT2D eigenvalue weighted by Crippen LogP contribution is -2.41. The largest absolute Gasteiger partial charge is 0.493 e. The number of piperidine rings is 1. The summed E-state index contributed by atoms with van der Waals surface area (Å²) >= 11 is 0. The lowest BCUT2D eigenvalue weighted by Gasteiger charge is -2.37. The van der Waals surface area contributed by atoms with Gasteiger partial charge in [0.25, 0.3) is 0 Å². The molecule has 0 radical (unpaired) electrons. The number of rotatable bonds is 7. The molecule has 170 valence electrons. The van der Waals surface area contributed by atoms with E-state index in [1.165, 1.54) is 5.56 Å². The van der Waals surface area contributed by atoms with Crippen LogP contribution in [-0.4, -0.2) is 54.6 Å². The van der Waals surface area contributed by atoms with Gasteiger partial charge in [0.2, 0.25) is 5.89 Å². The summed E-state index contributed by atoms with van der Waals surface area (Å²) in [5.74, 6) is 3.59. The van der Waals surface area contributed by atoms with Crippen molar-refractivity contribution in [2.45, 2.75) is 70.4 Å². The summed E-state index contributed by atoms with van der Waals surface area (Å²) in [6.07, 6.45) is 4.10. The van der Waals surface area contributed by atoms with Crippen LogP contribution in [0, 0.1) is 0 Å². The molecule has 2 saturated heterocycles. The van der Waals surface area contributed by atoms with E-state index >= 15 is 0 Å². The fraction of sp³-hybridized carbons (Fsp3) is 0.667. The Balaban J connectivity index is 1.35. The van der Waals surface area contributed by atoms with Gasteiger partial charge in [0.05, 0.1) is 13.2 Å². The topological polar surface area (TPSA) is 69.9 Å². The van der Waals surface area contributed by atoms with Crippen molar-refractivity contribution in [3.05, 3.63) is 35.5 Å². The number of aromatic nitrogens is 2. The molecule has 2 aliphatic heterocycles. The summed E-state index contributed by atoms with van der Waals surface area (Å²) in [6.45, 7) is 10.8. The van der Waals surface area contributed by atoms with Crippen LogP contribution in [0.3, 0.4) is 0 Å². The van der Waals surface area contributed by atoms with Gasteiger partial charge < -0.3 is 18.7 Å². The molecular formula is C24H35N3O4. The minimum Gasteiger partial charge on any atom is -0.493 e. The van der Waals surface area contributed by atoms with Crippen molar-refractivity contribution in [3.8, 4) is 11.5 Å². The average molecular weight is 430 g/mol. The second-order valence-corrected chi connectivity index (χ2v) is 9.33. The van der Waals surface area contributed by atoms with Crippen LogP contribution < -0.4 is 9.47 Å². The molecule has 2 fully saturated rings. The van der Waals surface area contributed by atoms with Crippen LogP contribution in [0.5, 0.6) is 11.5 Å². The van der Waals surface area contributed by atoms with E-state index in [-0.39, 0.29) is 11.5 Å². The summed E-state index contributed by atoms with van der Waals surface area (Å²) in [4.78, 5) is 7.30. The Morgan fingerprint density at radius 2 is 1.90 bits per heavy atom. The lowest BCUT2D eigenvalue weighted by atomic mass is 9.79. The van der Waals surface area contributed by atoms with E-state index in [0.717, 1.165) is 81.7 Å². The van der Waals surface area contributed by atoms with E-state index < -0.39 is 0 Å². The highest BCUT2D eigenvalue weighted by Crippen LogP contribution is 2.36. The molecule has 3 heterocycles. The van der Waals surface area contributed by atoms with Crippen LogP contribution in [0.4, 0.5) is 0 Å². The first-order valence-electron chi connectivity index (χ1n) is 11.4. The van der Waals surface area contributed by atoms with Crippen molar-refractivity contribution < 1.29 is 18.7 Å². The number of benzene rings is 1.